The third-order valence-corrected chi connectivity index (χ3v) is 4.78. The van der Waals surface area contributed by atoms with Crippen molar-refractivity contribution < 1.29 is 4.74 Å². The topological polar surface area (TPSA) is 24.5 Å². The lowest BCUT2D eigenvalue weighted by Crippen LogP contribution is -2.41. The standard InChI is InChI=1S/C13H26N2OS/c1-12(13-4-2-9-16-13)14-5-7-15-6-3-10-17-11-8-15/h12-14H,2-11H2,1H3. The normalized spacial score (nSPS) is 29.1. The van der Waals surface area contributed by atoms with Gasteiger partial charge in [-0.3, -0.25) is 0 Å². The lowest BCUT2D eigenvalue weighted by atomic mass is 10.1. The number of hydrogen-bond acceptors (Lipinski definition) is 4. The first kappa shape index (κ1) is 13.7. The molecule has 0 aromatic heterocycles. The van der Waals surface area contributed by atoms with Crippen molar-refractivity contribution in [1.29, 1.82) is 0 Å². The van der Waals surface area contributed by atoms with Crippen LogP contribution in [-0.2, 0) is 4.74 Å². The maximum atomic E-state index is 5.70. The Hall–Kier alpha value is 0.230. The van der Waals surface area contributed by atoms with Crippen molar-refractivity contribution in [2.45, 2.75) is 38.3 Å². The van der Waals surface area contributed by atoms with E-state index in [-0.39, 0.29) is 0 Å². The lowest BCUT2D eigenvalue weighted by molar-refractivity contribution is 0.0827. The first-order valence-electron chi connectivity index (χ1n) is 7.01. The average molecular weight is 258 g/mol. The maximum Gasteiger partial charge on any atom is 0.0726 e. The van der Waals surface area contributed by atoms with E-state index in [1.165, 1.54) is 50.4 Å². The Labute approximate surface area is 110 Å². The van der Waals surface area contributed by atoms with Gasteiger partial charge in [0.15, 0.2) is 0 Å². The minimum atomic E-state index is 0.453. The van der Waals surface area contributed by atoms with Gasteiger partial charge in [-0.05, 0) is 38.5 Å². The molecule has 3 nitrogen and oxygen atoms in total. The van der Waals surface area contributed by atoms with Crippen LogP contribution in [-0.4, -0.2) is 61.3 Å². The number of thioether (sulfide) groups is 1. The SMILES string of the molecule is CC(NCCN1CCCSCC1)C1CCCO1. The fraction of sp³-hybridized carbons (Fsp3) is 1.00. The number of hydrogen-bond donors (Lipinski definition) is 1. The summed E-state index contributed by atoms with van der Waals surface area (Å²) < 4.78 is 5.70. The molecule has 100 valence electrons. The van der Waals surface area contributed by atoms with E-state index in [4.69, 9.17) is 4.74 Å². The second kappa shape index (κ2) is 7.62. The monoisotopic (exact) mass is 258 g/mol. The molecule has 0 spiro atoms. The molecule has 0 saturated carbocycles. The molecule has 4 heteroatoms. The first-order chi connectivity index (χ1) is 8.36. The summed E-state index contributed by atoms with van der Waals surface area (Å²) in [7, 11) is 0. The molecule has 2 unspecified atom stereocenters. The van der Waals surface area contributed by atoms with Crippen molar-refractivity contribution >= 4 is 11.8 Å². The molecule has 0 aromatic carbocycles. The van der Waals surface area contributed by atoms with Gasteiger partial charge in [-0.15, -0.1) is 0 Å². The summed E-state index contributed by atoms with van der Waals surface area (Å²) in [6.45, 7) is 8.06. The van der Waals surface area contributed by atoms with Crippen LogP contribution in [0.25, 0.3) is 0 Å². The number of nitrogens with one attached hydrogen (secondary N) is 1. The lowest BCUT2D eigenvalue weighted by Gasteiger charge is -2.23. The van der Waals surface area contributed by atoms with E-state index >= 15 is 0 Å². The van der Waals surface area contributed by atoms with Gasteiger partial charge in [0.2, 0.25) is 0 Å². The molecule has 2 rings (SSSR count). The van der Waals surface area contributed by atoms with Crippen LogP contribution in [0.15, 0.2) is 0 Å². The second-order valence-electron chi connectivity index (χ2n) is 5.10. The molecule has 2 aliphatic heterocycles. The van der Waals surface area contributed by atoms with Gasteiger partial charge in [-0.1, -0.05) is 0 Å². The van der Waals surface area contributed by atoms with Gasteiger partial charge in [0, 0.05) is 38.0 Å². The van der Waals surface area contributed by atoms with Crippen LogP contribution in [0.4, 0.5) is 0 Å². The fourth-order valence-electron chi connectivity index (χ4n) is 2.60. The zero-order valence-electron chi connectivity index (χ0n) is 11.0. The largest absolute Gasteiger partial charge is 0.377 e. The van der Waals surface area contributed by atoms with Crippen LogP contribution in [0.3, 0.4) is 0 Å². The van der Waals surface area contributed by atoms with E-state index in [9.17, 15) is 0 Å². The summed E-state index contributed by atoms with van der Waals surface area (Å²) in [5.74, 6) is 2.65. The molecule has 0 aromatic rings. The Kier molecular flexibility index (Phi) is 6.12. The van der Waals surface area contributed by atoms with Gasteiger partial charge < -0.3 is 15.0 Å². The van der Waals surface area contributed by atoms with Crippen molar-refractivity contribution in [3.63, 3.8) is 0 Å². The Morgan fingerprint density at radius 1 is 1.35 bits per heavy atom. The predicted molar refractivity (Wildman–Crippen MR) is 74.8 cm³/mol. The van der Waals surface area contributed by atoms with E-state index in [0.29, 0.717) is 12.1 Å². The minimum Gasteiger partial charge on any atom is -0.377 e. The highest BCUT2D eigenvalue weighted by Crippen LogP contribution is 2.15. The van der Waals surface area contributed by atoms with Gasteiger partial charge >= 0.3 is 0 Å². The summed E-state index contributed by atoms with van der Waals surface area (Å²) in [4.78, 5) is 2.59. The molecule has 0 aliphatic carbocycles. The Morgan fingerprint density at radius 2 is 2.29 bits per heavy atom. The maximum absolute atomic E-state index is 5.70. The molecule has 2 saturated heterocycles. The molecule has 2 atom stereocenters. The molecule has 2 fully saturated rings. The quantitative estimate of drug-likeness (QED) is 0.809. The third-order valence-electron chi connectivity index (χ3n) is 3.73. The van der Waals surface area contributed by atoms with Crippen molar-refractivity contribution in [2.24, 2.45) is 0 Å². The smallest absolute Gasteiger partial charge is 0.0726 e. The Balaban J connectivity index is 1.57. The zero-order chi connectivity index (χ0) is 11.9. The van der Waals surface area contributed by atoms with Crippen LogP contribution >= 0.6 is 11.8 Å². The Bertz CT molecular complexity index is 200. The Morgan fingerprint density at radius 3 is 3.12 bits per heavy atom. The van der Waals surface area contributed by atoms with E-state index in [1.807, 2.05) is 0 Å². The first-order valence-corrected chi connectivity index (χ1v) is 8.17. The molecule has 17 heavy (non-hydrogen) atoms. The van der Waals surface area contributed by atoms with Crippen molar-refractivity contribution in [2.75, 3.05) is 44.3 Å². The number of rotatable bonds is 5. The summed E-state index contributed by atoms with van der Waals surface area (Å²) >= 11 is 2.10. The van der Waals surface area contributed by atoms with E-state index in [0.717, 1.165) is 13.2 Å². The van der Waals surface area contributed by atoms with E-state index < -0.39 is 0 Å². The highest BCUT2D eigenvalue weighted by atomic mass is 32.2. The zero-order valence-corrected chi connectivity index (χ0v) is 11.8. The molecule has 1 N–H and O–H groups in total. The van der Waals surface area contributed by atoms with Crippen LogP contribution < -0.4 is 5.32 Å². The second-order valence-corrected chi connectivity index (χ2v) is 6.33. The van der Waals surface area contributed by atoms with Crippen LogP contribution in [0.5, 0.6) is 0 Å². The van der Waals surface area contributed by atoms with Gasteiger partial charge in [-0.2, -0.15) is 11.8 Å². The van der Waals surface area contributed by atoms with Crippen LogP contribution in [0, 0.1) is 0 Å². The molecule has 2 aliphatic rings. The average Bonchev–Trinajstić information content (AvgIpc) is 2.75. The molecular weight excluding hydrogens is 232 g/mol. The van der Waals surface area contributed by atoms with Crippen molar-refractivity contribution in [3.05, 3.63) is 0 Å². The highest BCUT2D eigenvalue weighted by Gasteiger charge is 2.21. The predicted octanol–water partition coefficient (Wildman–Crippen LogP) is 1.58. The van der Waals surface area contributed by atoms with Gasteiger partial charge in [0.1, 0.15) is 0 Å². The molecule has 0 amide bonds. The number of ether oxygens (including phenoxy) is 1. The highest BCUT2D eigenvalue weighted by molar-refractivity contribution is 7.99. The van der Waals surface area contributed by atoms with Gasteiger partial charge in [-0.25, -0.2) is 0 Å². The van der Waals surface area contributed by atoms with Crippen LogP contribution in [0.1, 0.15) is 26.2 Å². The minimum absolute atomic E-state index is 0.453. The summed E-state index contributed by atoms with van der Waals surface area (Å²) in [6.07, 6.45) is 4.27. The molecule has 0 radical (unpaired) electrons. The van der Waals surface area contributed by atoms with Crippen molar-refractivity contribution in [1.82, 2.24) is 10.2 Å². The number of nitrogens with zero attached hydrogens (tertiary/aromatic N) is 1. The third kappa shape index (κ3) is 4.78. The van der Waals surface area contributed by atoms with Crippen LogP contribution in [0.2, 0.25) is 0 Å². The van der Waals surface area contributed by atoms with Gasteiger partial charge in [0.25, 0.3) is 0 Å². The van der Waals surface area contributed by atoms with Gasteiger partial charge in [0.05, 0.1) is 6.10 Å². The van der Waals surface area contributed by atoms with E-state index in [1.54, 1.807) is 0 Å². The molecular formula is C13H26N2OS. The van der Waals surface area contributed by atoms with Crippen molar-refractivity contribution in [3.8, 4) is 0 Å². The summed E-state index contributed by atoms with van der Waals surface area (Å²) in [6, 6.07) is 0.513. The molecule has 0 bridgehead atoms. The molecule has 2 heterocycles. The summed E-state index contributed by atoms with van der Waals surface area (Å²) in [5, 5.41) is 3.62. The fourth-order valence-corrected chi connectivity index (χ4v) is 3.52. The van der Waals surface area contributed by atoms with E-state index in [2.05, 4.69) is 28.9 Å². The summed E-state index contributed by atoms with van der Waals surface area (Å²) in [5.41, 5.74) is 0.